The van der Waals surface area contributed by atoms with Crippen LogP contribution >= 0.6 is 0 Å². The van der Waals surface area contributed by atoms with Crippen molar-refractivity contribution in [2.24, 2.45) is 0 Å². The number of nitrogens with zero attached hydrogens (tertiary/aromatic N) is 2. The van der Waals surface area contributed by atoms with E-state index in [1.807, 2.05) is 37.3 Å². The van der Waals surface area contributed by atoms with Crippen LogP contribution in [0.4, 0.5) is 5.88 Å². The summed E-state index contributed by atoms with van der Waals surface area (Å²) >= 11 is 0. The second-order valence-corrected chi connectivity index (χ2v) is 4.72. The number of benzene rings is 1. The fraction of sp³-hybridized carbons (Fsp3) is 0.125. The number of nitrogens with two attached hydrogens (primary N) is 1. The first-order valence-corrected chi connectivity index (χ1v) is 6.51. The number of methoxy groups -OCH3 is 1. The van der Waals surface area contributed by atoms with Gasteiger partial charge in [0.05, 0.1) is 12.7 Å². The molecule has 21 heavy (non-hydrogen) atoms. The number of rotatable bonds is 3. The van der Waals surface area contributed by atoms with Gasteiger partial charge < -0.3 is 15.0 Å². The Morgan fingerprint density at radius 3 is 2.81 bits per heavy atom. The molecule has 1 aromatic carbocycles. The minimum absolute atomic E-state index is 0.265. The standard InChI is InChI=1S/C16H15N3O2/c1-10-5-6-13(20-2)12(8-10)15-14(16(17)21-19-15)11-4-3-7-18-9-11/h3-9H,17H2,1-2H3. The van der Waals surface area contributed by atoms with Crippen LogP contribution in [-0.2, 0) is 0 Å². The van der Waals surface area contributed by atoms with E-state index in [1.165, 1.54) is 0 Å². The summed E-state index contributed by atoms with van der Waals surface area (Å²) < 4.78 is 10.6. The van der Waals surface area contributed by atoms with E-state index in [1.54, 1.807) is 19.5 Å². The molecular weight excluding hydrogens is 266 g/mol. The van der Waals surface area contributed by atoms with Gasteiger partial charge in [0, 0.05) is 23.5 Å². The number of aromatic nitrogens is 2. The Labute approximate surface area is 122 Å². The van der Waals surface area contributed by atoms with Gasteiger partial charge in [0.2, 0.25) is 5.88 Å². The third-order valence-electron chi connectivity index (χ3n) is 3.28. The Bertz CT molecular complexity index is 766. The molecule has 0 fully saturated rings. The number of nitrogen functional groups attached to an aromatic ring is 1. The van der Waals surface area contributed by atoms with E-state index in [-0.39, 0.29) is 5.88 Å². The van der Waals surface area contributed by atoms with Crippen molar-refractivity contribution in [3.63, 3.8) is 0 Å². The summed E-state index contributed by atoms with van der Waals surface area (Å²) in [6, 6.07) is 9.65. The number of ether oxygens (including phenoxy) is 1. The SMILES string of the molecule is COc1ccc(C)cc1-c1noc(N)c1-c1cccnc1. The molecule has 0 aliphatic carbocycles. The first-order chi connectivity index (χ1) is 10.2. The molecule has 3 aromatic rings. The lowest BCUT2D eigenvalue weighted by molar-refractivity contribution is 0.414. The summed E-state index contributed by atoms with van der Waals surface area (Å²) in [5, 5.41) is 4.10. The molecule has 106 valence electrons. The van der Waals surface area contributed by atoms with E-state index in [4.69, 9.17) is 15.0 Å². The average molecular weight is 281 g/mol. The van der Waals surface area contributed by atoms with Gasteiger partial charge in [0.25, 0.3) is 0 Å². The van der Waals surface area contributed by atoms with E-state index < -0.39 is 0 Å². The second-order valence-electron chi connectivity index (χ2n) is 4.72. The zero-order valence-electron chi connectivity index (χ0n) is 11.8. The molecule has 2 heterocycles. The number of hydrogen-bond acceptors (Lipinski definition) is 5. The van der Waals surface area contributed by atoms with Gasteiger partial charge in [-0.25, -0.2) is 0 Å². The molecule has 0 saturated heterocycles. The van der Waals surface area contributed by atoms with E-state index >= 15 is 0 Å². The van der Waals surface area contributed by atoms with Crippen LogP contribution in [0.5, 0.6) is 5.75 Å². The van der Waals surface area contributed by atoms with Crippen LogP contribution in [0.1, 0.15) is 5.56 Å². The van der Waals surface area contributed by atoms with Crippen molar-refractivity contribution in [1.29, 1.82) is 0 Å². The Balaban J connectivity index is 2.24. The van der Waals surface area contributed by atoms with Gasteiger partial charge in [-0.1, -0.05) is 22.9 Å². The van der Waals surface area contributed by atoms with Crippen LogP contribution in [0.3, 0.4) is 0 Å². The molecule has 2 aromatic heterocycles. The summed E-state index contributed by atoms with van der Waals surface area (Å²) in [5.74, 6) is 0.987. The Morgan fingerprint density at radius 2 is 2.10 bits per heavy atom. The molecule has 2 N–H and O–H groups in total. The summed E-state index contributed by atoms with van der Waals surface area (Å²) in [6.07, 6.45) is 3.44. The maximum Gasteiger partial charge on any atom is 0.230 e. The number of anilines is 1. The van der Waals surface area contributed by atoms with Gasteiger partial charge >= 0.3 is 0 Å². The molecule has 5 heteroatoms. The van der Waals surface area contributed by atoms with Gasteiger partial charge in [-0.3, -0.25) is 4.98 Å². The maximum absolute atomic E-state index is 5.94. The molecule has 0 saturated carbocycles. The van der Waals surface area contributed by atoms with Gasteiger partial charge in [-0.05, 0) is 25.1 Å². The van der Waals surface area contributed by atoms with Gasteiger partial charge in [0.1, 0.15) is 11.4 Å². The van der Waals surface area contributed by atoms with Crippen LogP contribution in [-0.4, -0.2) is 17.3 Å². The number of hydrogen-bond donors (Lipinski definition) is 1. The first-order valence-electron chi connectivity index (χ1n) is 6.51. The van der Waals surface area contributed by atoms with Gasteiger partial charge in [-0.2, -0.15) is 0 Å². The summed E-state index contributed by atoms with van der Waals surface area (Å²) in [4.78, 5) is 4.12. The zero-order valence-corrected chi connectivity index (χ0v) is 11.8. The number of pyridine rings is 1. The molecule has 0 radical (unpaired) electrons. The monoisotopic (exact) mass is 281 g/mol. The minimum Gasteiger partial charge on any atom is -0.496 e. The lowest BCUT2D eigenvalue weighted by atomic mass is 10.00. The highest BCUT2D eigenvalue weighted by atomic mass is 16.5. The summed E-state index contributed by atoms with van der Waals surface area (Å²) in [7, 11) is 1.63. The highest BCUT2D eigenvalue weighted by molar-refractivity contribution is 5.88. The van der Waals surface area contributed by atoms with Gasteiger partial charge in [-0.15, -0.1) is 0 Å². The average Bonchev–Trinajstić information content (AvgIpc) is 2.89. The topological polar surface area (TPSA) is 74.2 Å². The van der Waals surface area contributed by atoms with Crippen LogP contribution in [0.25, 0.3) is 22.4 Å². The van der Waals surface area contributed by atoms with E-state index in [0.29, 0.717) is 5.69 Å². The van der Waals surface area contributed by atoms with Crippen LogP contribution in [0.2, 0.25) is 0 Å². The highest BCUT2D eigenvalue weighted by Gasteiger charge is 2.20. The molecule has 0 atom stereocenters. The maximum atomic E-state index is 5.94. The van der Waals surface area contributed by atoms with E-state index in [0.717, 1.165) is 28.0 Å². The molecule has 0 aliphatic heterocycles. The smallest absolute Gasteiger partial charge is 0.230 e. The highest BCUT2D eigenvalue weighted by Crippen LogP contribution is 2.39. The predicted octanol–water partition coefficient (Wildman–Crippen LogP) is 3.30. The Kier molecular flexibility index (Phi) is 3.31. The Morgan fingerprint density at radius 1 is 1.24 bits per heavy atom. The fourth-order valence-electron chi connectivity index (χ4n) is 2.28. The molecule has 0 amide bonds. The van der Waals surface area contributed by atoms with Crippen molar-refractivity contribution in [3.05, 3.63) is 48.3 Å². The molecule has 0 unspecified atom stereocenters. The summed E-state index contributed by atoms with van der Waals surface area (Å²) in [5.41, 5.74) is 10.1. The van der Waals surface area contributed by atoms with Crippen molar-refractivity contribution in [1.82, 2.24) is 10.1 Å². The van der Waals surface area contributed by atoms with Crippen molar-refractivity contribution < 1.29 is 9.26 Å². The van der Waals surface area contributed by atoms with E-state index in [9.17, 15) is 0 Å². The van der Waals surface area contributed by atoms with Crippen LogP contribution in [0, 0.1) is 6.92 Å². The quantitative estimate of drug-likeness (QED) is 0.797. The molecule has 0 bridgehead atoms. The lowest BCUT2D eigenvalue weighted by Gasteiger charge is -2.08. The molecule has 5 nitrogen and oxygen atoms in total. The van der Waals surface area contributed by atoms with Gasteiger partial charge in [0.15, 0.2) is 0 Å². The third kappa shape index (κ3) is 2.33. The molecular formula is C16H15N3O2. The van der Waals surface area contributed by atoms with E-state index in [2.05, 4.69) is 10.1 Å². The van der Waals surface area contributed by atoms with Crippen molar-refractivity contribution in [3.8, 4) is 28.1 Å². The molecule has 3 rings (SSSR count). The second kappa shape index (κ2) is 5.28. The Hall–Kier alpha value is -2.82. The molecule has 0 aliphatic rings. The first kappa shape index (κ1) is 13.2. The molecule has 0 spiro atoms. The van der Waals surface area contributed by atoms with Crippen molar-refractivity contribution >= 4 is 5.88 Å². The normalized spacial score (nSPS) is 10.6. The van der Waals surface area contributed by atoms with Crippen LogP contribution < -0.4 is 10.5 Å². The lowest BCUT2D eigenvalue weighted by Crippen LogP contribution is -1.92. The minimum atomic E-state index is 0.265. The predicted molar refractivity (Wildman–Crippen MR) is 80.9 cm³/mol. The van der Waals surface area contributed by atoms with Crippen molar-refractivity contribution in [2.45, 2.75) is 6.92 Å². The fourth-order valence-corrected chi connectivity index (χ4v) is 2.28. The zero-order chi connectivity index (χ0) is 14.8. The van der Waals surface area contributed by atoms with Crippen molar-refractivity contribution in [2.75, 3.05) is 12.8 Å². The third-order valence-corrected chi connectivity index (χ3v) is 3.28. The summed E-state index contributed by atoms with van der Waals surface area (Å²) in [6.45, 7) is 2.01. The van der Waals surface area contributed by atoms with Crippen LogP contribution in [0.15, 0.2) is 47.2 Å². The number of aryl methyl sites for hydroxylation is 1. The largest absolute Gasteiger partial charge is 0.496 e.